The van der Waals surface area contributed by atoms with Gasteiger partial charge >= 0.3 is 0 Å². The first-order valence-corrected chi connectivity index (χ1v) is 6.14. The summed E-state index contributed by atoms with van der Waals surface area (Å²) in [6.07, 6.45) is 0.465. The molecule has 1 aromatic rings. The van der Waals surface area contributed by atoms with Crippen LogP contribution in [0.4, 0.5) is 0 Å². The van der Waals surface area contributed by atoms with Gasteiger partial charge in [0.05, 0.1) is 20.6 Å². The molecule has 0 unspecified atom stereocenters. The second-order valence-electron chi connectivity index (χ2n) is 4.47. The van der Waals surface area contributed by atoms with Gasteiger partial charge in [0.25, 0.3) is 0 Å². The minimum absolute atomic E-state index is 0.0211. The first-order valence-electron chi connectivity index (χ1n) is 6.14. The Morgan fingerprint density at radius 3 is 2.53 bits per heavy atom. The molecule has 19 heavy (non-hydrogen) atoms. The lowest BCUT2D eigenvalue weighted by Gasteiger charge is -2.26. The second-order valence-corrected chi connectivity index (χ2v) is 4.47. The fourth-order valence-electron chi connectivity index (χ4n) is 2.12. The van der Waals surface area contributed by atoms with Gasteiger partial charge in [-0.3, -0.25) is 9.59 Å². The van der Waals surface area contributed by atoms with Crippen molar-refractivity contribution in [3.8, 4) is 11.5 Å². The molecule has 1 heterocycles. The average Bonchev–Trinajstić information content (AvgIpc) is 2.41. The van der Waals surface area contributed by atoms with Gasteiger partial charge in [-0.05, 0) is 17.7 Å². The van der Waals surface area contributed by atoms with Crippen LogP contribution in [0, 0.1) is 0 Å². The zero-order valence-corrected chi connectivity index (χ0v) is 11.1. The van der Waals surface area contributed by atoms with Crippen LogP contribution in [0.2, 0.25) is 0 Å². The lowest BCUT2D eigenvalue weighted by atomic mass is 10.1. The fraction of sp³-hybridized carbons (Fsp3) is 0.429. The Balaban J connectivity index is 2.11. The predicted octanol–water partition coefficient (Wildman–Crippen LogP) is 1.40. The molecule has 5 nitrogen and oxygen atoms in total. The summed E-state index contributed by atoms with van der Waals surface area (Å²) in [5, 5.41) is 0. The third-order valence-electron chi connectivity index (χ3n) is 3.18. The van der Waals surface area contributed by atoms with Gasteiger partial charge in [-0.2, -0.15) is 0 Å². The molecular formula is C14H17NO4. The Kier molecular flexibility index (Phi) is 4.04. The molecule has 2 rings (SSSR count). The van der Waals surface area contributed by atoms with Crippen molar-refractivity contribution in [3.05, 3.63) is 23.8 Å². The van der Waals surface area contributed by atoms with Gasteiger partial charge in [-0.1, -0.05) is 6.07 Å². The molecule has 1 aliphatic heterocycles. The van der Waals surface area contributed by atoms with Crippen molar-refractivity contribution in [2.75, 3.05) is 20.8 Å². The maximum Gasteiger partial charge on any atom is 0.230 e. The quantitative estimate of drug-likeness (QED) is 0.770. The van der Waals surface area contributed by atoms with Gasteiger partial charge in [0, 0.05) is 19.5 Å². The van der Waals surface area contributed by atoms with Crippen LogP contribution in [0.1, 0.15) is 18.4 Å². The highest BCUT2D eigenvalue weighted by Crippen LogP contribution is 2.28. The molecule has 0 radical (unpaired) electrons. The number of ether oxygens (including phenoxy) is 2. The lowest BCUT2D eigenvalue weighted by molar-refractivity contribution is -0.139. The molecule has 1 fully saturated rings. The Morgan fingerprint density at radius 2 is 1.89 bits per heavy atom. The average molecular weight is 263 g/mol. The van der Waals surface area contributed by atoms with Gasteiger partial charge < -0.3 is 14.4 Å². The molecule has 1 aliphatic rings. The summed E-state index contributed by atoms with van der Waals surface area (Å²) in [4.78, 5) is 24.6. The lowest BCUT2D eigenvalue weighted by Crippen LogP contribution is -2.38. The van der Waals surface area contributed by atoms with Gasteiger partial charge in [0.15, 0.2) is 11.5 Å². The number of hydrogen-bond acceptors (Lipinski definition) is 4. The zero-order chi connectivity index (χ0) is 13.8. The van der Waals surface area contributed by atoms with Crippen LogP contribution in [0.5, 0.6) is 11.5 Å². The van der Waals surface area contributed by atoms with Crippen LogP contribution >= 0.6 is 0 Å². The normalized spacial score (nSPS) is 15.6. The number of ketones is 1. The first kappa shape index (κ1) is 13.4. The molecule has 1 aromatic carbocycles. The monoisotopic (exact) mass is 263 g/mol. The number of amides is 1. The van der Waals surface area contributed by atoms with Crippen LogP contribution in [0.3, 0.4) is 0 Å². The van der Waals surface area contributed by atoms with E-state index in [2.05, 4.69) is 0 Å². The van der Waals surface area contributed by atoms with Crippen molar-refractivity contribution in [1.82, 2.24) is 4.90 Å². The van der Waals surface area contributed by atoms with E-state index in [9.17, 15) is 9.59 Å². The van der Waals surface area contributed by atoms with E-state index in [0.29, 0.717) is 31.0 Å². The standard InChI is InChI=1S/C14H17NO4/c1-18-12-4-3-10(7-13(12)19-2)9-15-6-5-11(16)8-14(15)17/h3-4,7H,5-6,8-9H2,1-2H3. The van der Waals surface area contributed by atoms with E-state index in [1.165, 1.54) is 0 Å². The number of hydrogen-bond donors (Lipinski definition) is 0. The number of carbonyl (C=O) groups is 2. The molecule has 102 valence electrons. The van der Waals surface area contributed by atoms with Crippen molar-refractivity contribution in [2.45, 2.75) is 19.4 Å². The second kappa shape index (κ2) is 5.73. The Bertz CT molecular complexity index is 498. The van der Waals surface area contributed by atoms with E-state index >= 15 is 0 Å². The first-order chi connectivity index (χ1) is 9.13. The predicted molar refractivity (Wildman–Crippen MR) is 69.2 cm³/mol. The molecule has 1 amide bonds. The highest BCUT2D eigenvalue weighted by molar-refractivity contribution is 6.00. The molecular weight excluding hydrogens is 246 g/mol. The number of piperidine rings is 1. The number of carbonyl (C=O) groups excluding carboxylic acids is 2. The molecule has 0 spiro atoms. The van der Waals surface area contributed by atoms with Crippen molar-refractivity contribution in [1.29, 1.82) is 0 Å². The Morgan fingerprint density at radius 1 is 1.16 bits per heavy atom. The van der Waals surface area contributed by atoms with Gasteiger partial charge in [-0.25, -0.2) is 0 Å². The van der Waals surface area contributed by atoms with E-state index in [4.69, 9.17) is 9.47 Å². The number of methoxy groups -OCH3 is 2. The molecule has 0 N–H and O–H groups in total. The van der Waals surface area contributed by atoms with E-state index in [1.54, 1.807) is 19.1 Å². The number of Topliss-reactive ketones (excluding diaryl/α,β-unsaturated/α-hetero) is 1. The van der Waals surface area contributed by atoms with Crippen LogP contribution in [-0.4, -0.2) is 37.4 Å². The highest BCUT2D eigenvalue weighted by atomic mass is 16.5. The van der Waals surface area contributed by atoms with Gasteiger partial charge in [0.1, 0.15) is 5.78 Å². The summed E-state index contributed by atoms with van der Waals surface area (Å²) in [5.74, 6) is 1.21. The zero-order valence-electron chi connectivity index (χ0n) is 11.1. The summed E-state index contributed by atoms with van der Waals surface area (Å²) < 4.78 is 10.4. The maximum absolute atomic E-state index is 11.7. The van der Waals surface area contributed by atoms with Crippen molar-refractivity contribution < 1.29 is 19.1 Å². The van der Waals surface area contributed by atoms with Crippen molar-refractivity contribution in [3.63, 3.8) is 0 Å². The van der Waals surface area contributed by atoms with Crippen LogP contribution < -0.4 is 9.47 Å². The van der Waals surface area contributed by atoms with E-state index in [1.807, 2.05) is 18.2 Å². The third-order valence-corrected chi connectivity index (χ3v) is 3.18. The summed E-state index contributed by atoms with van der Waals surface area (Å²) >= 11 is 0. The fourth-order valence-corrected chi connectivity index (χ4v) is 2.12. The number of likely N-dealkylation sites (tertiary alicyclic amines) is 1. The van der Waals surface area contributed by atoms with Crippen LogP contribution in [0.15, 0.2) is 18.2 Å². The van der Waals surface area contributed by atoms with E-state index < -0.39 is 0 Å². The molecule has 5 heteroatoms. The highest BCUT2D eigenvalue weighted by Gasteiger charge is 2.23. The molecule has 0 saturated carbocycles. The topological polar surface area (TPSA) is 55.8 Å². The largest absolute Gasteiger partial charge is 0.493 e. The number of benzene rings is 1. The smallest absolute Gasteiger partial charge is 0.230 e. The molecule has 0 bridgehead atoms. The van der Waals surface area contributed by atoms with Crippen molar-refractivity contribution in [2.24, 2.45) is 0 Å². The maximum atomic E-state index is 11.7. The molecule has 0 atom stereocenters. The third kappa shape index (κ3) is 3.05. The van der Waals surface area contributed by atoms with Crippen LogP contribution in [-0.2, 0) is 16.1 Å². The minimum atomic E-state index is -0.106. The van der Waals surface area contributed by atoms with Gasteiger partial charge in [0.2, 0.25) is 5.91 Å². The van der Waals surface area contributed by atoms with Crippen molar-refractivity contribution >= 4 is 11.7 Å². The molecule has 1 saturated heterocycles. The Hall–Kier alpha value is -2.04. The Labute approximate surface area is 112 Å². The number of rotatable bonds is 4. The molecule has 0 aliphatic carbocycles. The van der Waals surface area contributed by atoms with E-state index in [0.717, 1.165) is 5.56 Å². The number of nitrogens with zero attached hydrogens (tertiary/aromatic N) is 1. The van der Waals surface area contributed by atoms with E-state index in [-0.39, 0.29) is 18.1 Å². The van der Waals surface area contributed by atoms with Gasteiger partial charge in [-0.15, -0.1) is 0 Å². The summed E-state index contributed by atoms with van der Waals surface area (Å²) in [6, 6.07) is 5.56. The minimum Gasteiger partial charge on any atom is -0.493 e. The SMILES string of the molecule is COc1ccc(CN2CCC(=O)CC2=O)cc1OC. The molecule has 0 aromatic heterocycles. The summed E-state index contributed by atoms with van der Waals surface area (Å²) in [5.41, 5.74) is 0.959. The summed E-state index contributed by atoms with van der Waals surface area (Å²) in [7, 11) is 3.16. The summed E-state index contributed by atoms with van der Waals surface area (Å²) in [6.45, 7) is 0.985. The van der Waals surface area contributed by atoms with Crippen LogP contribution in [0.25, 0.3) is 0 Å².